The maximum atomic E-state index is 4.86. The molecule has 9 rings (SSSR count). The molecule has 184 valence electrons. The first-order chi connectivity index (χ1) is 19.8. The van der Waals surface area contributed by atoms with Crippen molar-refractivity contribution in [3.63, 3.8) is 0 Å². The first-order valence-corrected chi connectivity index (χ1v) is 13.5. The summed E-state index contributed by atoms with van der Waals surface area (Å²) < 4.78 is 0. The summed E-state index contributed by atoms with van der Waals surface area (Å²) in [6.07, 6.45) is 7.31. The highest BCUT2D eigenvalue weighted by Gasteiger charge is 2.16. The van der Waals surface area contributed by atoms with E-state index in [1.54, 1.807) is 6.20 Å². The van der Waals surface area contributed by atoms with Crippen molar-refractivity contribution in [1.29, 1.82) is 0 Å². The van der Waals surface area contributed by atoms with E-state index in [2.05, 4.69) is 96.0 Å². The lowest BCUT2D eigenvalue weighted by Gasteiger charge is -2.16. The maximum Gasteiger partial charge on any atom is 0.0901 e. The zero-order valence-corrected chi connectivity index (χ0v) is 21.5. The molecule has 0 unspecified atom stereocenters. The molecule has 2 aromatic heterocycles. The van der Waals surface area contributed by atoms with E-state index >= 15 is 0 Å². The van der Waals surface area contributed by atoms with Gasteiger partial charge in [0.1, 0.15) is 0 Å². The van der Waals surface area contributed by atoms with E-state index in [4.69, 9.17) is 9.97 Å². The zero-order chi connectivity index (χ0) is 26.2. The van der Waals surface area contributed by atoms with E-state index < -0.39 is 0 Å². The Balaban J connectivity index is 1.46. The minimum atomic E-state index is 0.816. The number of hydrogen-bond donors (Lipinski definition) is 0. The molecule has 0 radical (unpaired) electrons. The van der Waals surface area contributed by atoms with Gasteiger partial charge in [0.15, 0.2) is 0 Å². The van der Waals surface area contributed by atoms with E-state index in [1.165, 1.54) is 64.6 Å². The molecule has 3 heteroatoms. The summed E-state index contributed by atoms with van der Waals surface area (Å²) in [6, 6.07) is 37.6. The Morgan fingerprint density at radius 2 is 0.900 bits per heavy atom. The molecule has 0 aliphatic heterocycles. The van der Waals surface area contributed by atoms with Crippen molar-refractivity contribution in [2.45, 2.75) is 0 Å². The summed E-state index contributed by atoms with van der Waals surface area (Å²) in [5, 5.41) is 15.2. The highest BCUT2D eigenvalue weighted by Crippen LogP contribution is 2.44. The summed E-state index contributed by atoms with van der Waals surface area (Å²) in [4.78, 5) is 13.8. The lowest BCUT2D eigenvalue weighted by molar-refractivity contribution is 1.20. The van der Waals surface area contributed by atoms with Gasteiger partial charge in [-0.3, -0.25) is 15.0 Å². The summed E-state index contributed by atoms with van der Waals surface area (Å²) in [5.74, 6) is 0. The van der Waals surface area contributed by atoms with E-state index in [-0.39, 0.29) is 0 Å². The van der Waals surface area contributed by atoms with Crippen LogP contribution in [0.25, 0.3) is 87.1 Å². The third-order valence-corrected chi connectivity index (χ3v) is 8.33. The van der Waals surface area contributed by atoms with Crippen molar-refractivity contribution in [3.05, 3.63) is 128 Å². The van der Waals surface area contributed by atoms with E-state index in [9.17, 15) is 0 Å². The van der Waals surface area contributed by atoms with Crippen molar-refractivity contribution in [2.75, 3.05) is 0 Å². The molecule has 9 aromatic rings. The Bertz CT molecular complexity index is 2400. The van der Waals surface area contributed by atoms with Crippen molar-refractivity contribution in [2.24, 2.45) is 0 Å². The lowest BCUT2D eigenvalue weighted by atomic mass is 9.87. The molecular weight excluding hydrogens is 486 g/mol. The Kier molecular flexibility index (Phi) is 4.33. The summed E-state index contributed by atoms with van der Waals surface area (Å²) in [5.41, 5.74) is 3.69. The average molecular weight is 508 g/mol. The predicted octanol–water partition coefficient (Wildman–Crippen LogP) is 9.56. The molecule has 0 spiro atoms. The monoisotopic (exact) mass is 507 g/mol. The normalized spacial score (nSPS) is 12.0. The van der Waals surface area contributed by atoms with Crippen LogP contribution in [0.5, 0.6) is 0 Å². The van der Waals surface area contributed by atoms with Crippen LogP contribution in [-0.2, 0) is 0 Å². The smallest absolute Gasteiger partial charge is 0.0901 e. The fourth-order valence-electron chi connectivity index (χ4n) is 6.57. The largest absolute Gasteiger partial charge is 0.264 e. The topological polar surface area (TPSA) is 38.7 Å². The lowest BCUT2D eigenvalue weighted by Crippen LogP contribution is -1.92. The fourth-order valence-corrected chi connectivity index (χ4v) is 6.57. The highest BCUT2D eigenvalue weighted by atomic mass is 14.8. The van der Waals surface area contributed by atoms with Gasteiger partial charge in [0.05, 0.1) is 23.8 Å². The number of hydrogen-bond acceptors (Lipinski definition) is 3. The summed E-state index contributed by atoms with van der Waals surface area (Å²) in [7, 11) is 0. The van der Waals surface area contributed by atoms with Gasteiger partial charge >= 0.3 is 0 Å². The van der Waals surface area contributed by atoms with Crippen LogP contribution in [0.15, 0.2) is 128 Å². The number of rotatable bonds is 2. The van der Waals surface area contributed by atoms with Gasteiger partial charge in [-0.1, -0.05) is 78.9 Å². The number of aromatic nitrogens is 3. The number of pyridine rings is 1. The van der Waals surface area contributed by atoms with Gasteiger partial charge < -0.3 is 0 Å². The van der Waals surface area contributed by atoms with Crippen LogP contribution in [0.4, 0.5) is 0 Å². The summed E-state index contributed by atoms with van der Waals surface area (Å²) in [6.45, 7) is 0. The van der Waals surface area contributed by atoms with Crippen molar-refractivity contribution < 1.29 is 0 Å². The van der Waals surface area contributed by atoms with Crippen molar-refractivity contribution in [1.82, 2.24) is 15.0 Å². The third-order valence-electron chi connectivity index (χ3n) is 8.33. The Labute approximate surface area is 229 Å². The van der Waals surface area contributed by atoms with Crippen LogP contribution in [0.3, 0.4) is 0 Å². The molecule has 0 N–H and O–H groups in total. The maximum absolute atomic E-state index is 4.86. The molecule has 40 heavy (non-hydrogen) atoms. The van der Waals surface area contributed by atoms with Gasteiger partial charge in [-0.2, -0.15) is 0 Å². The SMILES string of the molecule is c1cncc(-c2cnc(-c3cc4ccc5cccc6c7cccc8ccc9cccc(c(c3)c4c56)c9c87)cn2)c1. The van der Waals surface area contributed by atoms with Gasteiger partial charge in [-0.25, -0.2) is 0 Å². The predicted molar refractivity (Wildman–Crippen MR) is 167 cm³/mol. The minimum Gasteiger partial charge on any atom is -0.264 e. The quantitative estimate of drug-likeness (QED) is 0.219. The second-order valence-electron chi connectivity index (χ2n) is 10.5. The van der Waals surface area contributed by atoms with Crippen LogP contribution in [0.1, 0.15) is 0 Å². The van der Waals surface area contributed by atoms with Gasteiger partial charge in [-0.05, 0) is 88.9 Å². The molecule has 0 aliphatic rings. The molecule has 7 aromatic carbocycles. The standard InChI is InChI=1S/C37H21N3/c1-5-22-12-13-23-7-3-11-30-31-18-27(33-21-39-32(20-40-33)26-8-4-16-38-19-26)17-25-15-14-24-6-2-10-29(35(24)37(25)31)28(9-1)34(22)36(23)30/h1-21H. The molecule has 0 atom stereocenters. The van der Waals surface area contributed by atoms with Crippen LogP contribution in [0, 0.1) is 0 Å². The van der Waals surface area contributed by atoms with Gasteiger partial charge in [-0.15, -0.1) is 0 Å². The van der Waals surface area contributed by atoms with Crippen molar-refractivity contribution in [3.8, 4) is 22.5 Å². The molecule has 3 nitrogen and oxygen atoms in total. The molecule has 0 aliphatic carbocycles. The van der Waals surface area contributed by atoms with E-state index in [0.717, 1.165) is 22.5 Å². The second-order valence-corrected chi connectivity index (χ2v) is 10.5. The zero-order valence-electron chi connectivity index (χ0n) is 21.5. The van der Waals surface area contributed by atoms with Crippen molar-refractivity contribution >= 4 is 64.6 Å². The van der Waals surface area contributed by atoms with Crippen LogP contribution >= 0.6 is 0 Å². The number of nitrogens with zero attached hydrogens (tertiary/aromatic N) is 3. The number of fused-ring (bicyclic) bond motifs is 2. The fraction of sp³-hybridized carbons (Fsp3) is 0. The van der Waals surface area contributed by atoms with E-state index in [1.807, 2.05) is 30.7 Å². The van der Waals surface area contributed by atoms with Crippen LogP contribution < -0.4 is 0 Å². The number of benzene rings is 6. The van der Waals surface area contributed by atoms with Gasteiger partial charge in [0.2, 0.25) is 0 Å². The molecule has 0 saturated heterocycles. The molecule has 0 bridgehead atoms. The Hall–Kier alpha value is -5.41. The van der Waals surface area contributed by atoms with Crippen LogP contribution in [0.2, 0.25) is 0 Å². The first-order valence-electron chi connectivity index (χ1n) is 13.5. The molecular formula is C37H21N3. The Morgan fingerprint density at radius 1 is 0.375 bits per heavy atom. The van der Waals surface area contributed by atoms with Gasteiger partial charge in [0.25, 0.3) is 0 Å². The summed E-state index contributed by atoms with van der Waals surface area (Å²) >= 11 is 0. The van der Waals surface area contributed by atoms with Crippen LogP contribution in [-0.4, -0.2) is 15.0 Å². The molecule has 2 heterocycles. The molecule has 0 amide bonds. The first kappa shape index (κ1) is 21.5. The minimum absolute atomic E-state index is 0.816. The molecule has 0 saturated carbocycles. The average Bonchev–Trinajstić information content (AvgIpc) is 3.03. The van der Waals surface area contributed by atoms with E-state index in [0.29, 0.717) is 0 Å². The Morgan fingerprint density at radius 3 is 1.45 bits per heavy atom. The highest BCUT2D eigenvalue weighted by molar-refractivity contribution is 6.37. The third kappa shape index (κ3) is 2.97. The molecule has 0 fully saturated rings. The van der Waals surface area contributed by atoms with Gasteiger partial charge in [0, 0.05) is 23.5 Å². The second kappa shape index (κ2) is 8.05.